The highest BCUT2D eigenvalue weighted by Crippen LogP contribution is 2.32. The van der Waals surface area contributed by atoms with Gasteiger partial charge in [0.2, 0.25) is 5.78 Å². The number of carbonyl (C=O) groups excluding carboxylic acids is 2. The lowest BCUT2D eigenvalue weighted by molar-refractivity contribution is -0.763. The van der Waals surface area contributed by atoms with Crippen LogP contribution in [-0.2, 0) is 34.1 Å². The zero-order valence-corrected chi connectivity index (χ0v) is 16.6. The molecule has 0 saturated carbocycles. The molecule has 0 bridgehead atoms. The molecule has 1 aliphatic rings. The Labute approximate surface area is 178 Å². The highest BCUT2D eigenvalue weighted by atomic mass is 16.9. The lowest BCUT2D eigenvalue weighted by Crippen LogP contribution is -2.14. The molecule has 3 aromatic rings. The topological polar surface area (TPSA) is 101 Å². The van der Waals surface area contributed by atoms with Gasteiger partial charge in [0.15, 0.2) is 0 Å². The van der Waals surface area contributed by atoms with E-state index in [9.17, 15) is 19.7 Å². The molecule has 1 aliphatic heterocycles. The van der Waals surface area contributed by atoms with Gasteiger partial charge in [-0.2, -0.15) is 0 Å². The molecule has 31 heavy (non-hydrogen) atoms. The second-order valence-electron chi connectivity index (χ2n) is 7.25. The summed E-state index contributed by atoms with van der Waals surface area (Å²) in [6.07, 6.45) is 0.585. The Balaban J connectivity index is 1.38. The lowest BCUT2D eigenvalue weighted by atomic mass is 10.1. The van der Waals surface area contributed by atoms with Gasteiger partial charge in [-0.1, -0.05) is 54.6 Å². The molecule has 1 aromatic heterocycles. The number of rotatable bonds is 8. The molecule has 0 aliphatic carbocycles. The first-order chi connectivity index (χ1) is 15.0. The number of fused-ring (bicyclic) bond motifs is 1. The minimum Gasteiger partial charge on any atom is -0.460 e. The van der Waals surface area contributed by atoms with E-state index in [1.807, 2.05) is 28.8 Å². The SMILES string of the molecule is O=C(c1ccccc1)c1ccc2n1CCC2C(=O)OCc1ccc(CO[N+](=O)[O-])cc1. The van der Waals surface area contributed by atoms with Crippen molar-refractivity contribution in [1.29, 1.82) is 0 Å². The van der Waals surface area contributed by atoms with Gasteiger partial charge in [-0.05, 0) is 29.7 Å². The van der Waals surface area contributed by atoms with Crippen LogP contribution < -0.4 is 0 Å². The molecular weight excluding hydrogens is 400 g/mol. The molecular formula is C23H20N2O6. The van der Waals surface area contributed by atoms with Crippen molar-refractivity contribution >= 4 is 11.8 Å². The summed E-state index contributed by atoms with van der Waals surface area (Å²) in [4.78, 5) is 40.0. The van der Waals surface area contributed by atoms with Crippen molar-refractivity contribution in [3.8, 4) is 0 Å². The third-order valence-electron chi connectivity index (χ3n) is 5.31. The van der Waals surface area contributed by atoms with Gasteiger partial charge in [-0.15, -0.1) is 10.1 Å². The summed E-state index contributed by atoms with van der Waals surface area (Å²) in [5.74, 6) is -0.816. The van der Waals surface area contributed by atoms with Crippen molar-refractivity contribution in [2.75, 3.05) is 0 Å². The van der Waals surface area contributed by atoms with Crippen molar-refractivity contribution in [1.82, 2.24) is 4.57 Å². The first kappa shape index (κ1) is 20.3. The normalized spacial score (nSPS) is 14.6. The monoisotopic (exact) mass is 420 g/mol. The van der Waals surface area contributed by atoms with Crippen LogP contribution in [0.2, 0.25) is 0 Å². The fraction of sp³-hybridized carbons (Fsp3) is 0.217. The van der Waals surface area contributed by atoms with Crippen LogP contribution in [0.15, 0.2) is 66.7 Å². The highest BCUT2D eigenvalue weighted by Gasteiger charge is 2.33. The second kappa shape index (κ2) is 8.83. The average Bonchev–Trinajstić information content (AvgIpc) is 3.39. The summed E-state index contributed by atoms with van der Waals surface area (Å²) in [5.41, 5.74) is 3.39. The maximum atomic E-state index is 12.8. The molecule has 0 N–H and O–H groups in total. The van der Waals surface area contributed by atoms with Crippen LogP contribution in [0.4, 0.5) is 0 Å². The number of esters is 1. The molecule has 2 aromatic carbocycles. The van der Waals surface area contributed by atoms with Crippen molar-refractivity contribution in [3.63, 3.8) is 0 Å². The van der Waals surface area contributed by atoms with Crippen LogP contribution in [0, 0.1) is 10.1 Å². The summed E-state index contributed by atoms with van der Waals surface area (Å²) in [6.45, 7) is 0.555. The van der Waals surface area contributed by atoms with Crippen LogP contribution in [0.1, 0.15) is 45.2 Å². The molecule has 0 saturated heterocycles. The molecule has 0 amide bonds. The van der Waals surface area contributed by atoms with Gasteiger partial charge in [-0.3, -0.25) is 9.59 Å². The van der Waals surface area contributed by atoms with E-state index in [2.05, 4.69) is 4.84 Å². The molecule has 8 nitrogen and oxygen atoms in total. The number of ether oxygens (including phenoxy) is 1. The van der Waals surface area contributed by atoms with E-state index in [0.717, 1.165) is 11.3 Å². The van der Waals surface area contributed by atoms with Crippen LogP contribution in [0.25, 0.3) is 0 Å². The number of ketones is 1. The van der Waals surface area contributed by atoms with Crippen molar-refractivity contribution in [3.05, 3.63) is 105 Å². The number of nitrogens with zero attached hydrogens (tertiary/aromatic N) is 2. The van der Waals surface area contributed by atoms with Gasteiger partial charge in [0.1, 0.15) is 13.2 Å². The highest BCUT2D eigenvalue weighted by molar-refractivity contribution is 6.08. The Kier molecular flexibility index (Phi) is 5.79. The van der Waals surface area contributed by atoms with Gasteiger partial charge in [-0.25, -0.2) is 0 Å². The first-order valence-electron chi connectivity index (χ1n) is 9.84. The molecule has 1 atom stereocenters. The van der Waals surface area contributed by atoms with Gasteiger partial charge in [0.05, 0.1) is 11.6 Å². The van der Waals surface area contributed by atoms with Gasteiger partial charge in [0.25, 0.3) is 5.09 Å². The van der Waals surface area contributed by atoms with Crippen LogP contribution in [-0.4, -0.2) is 21.4 Å². The van der Waals surface area contributed by atoms with Crippen molar-refractivity contribution in [2.24, 2.45) is 0 Å². The maximum Gasteiger partial charge on any atom is 0.315 e. The molecule has 158 valence electrons. The Hall–Kier alpha value is -3.94. The number of hydrogen-bond acceptors (Lipinski definition) is 6. The Morgan fingerprint density at radius 1 is 0.968 bits per heavy atom. The summed E-state index contributed by atoms with van der Waals surface area (Å²) >= 11 is 0. The number of benzene rings is 2. The Bertz CT molecular complexity index is 1100. The van der Waals surface area contributed by atoms with E-state index >= 15 is 0 Å². The zero-order valence-electron chi connectivity index (χ0n) is 16.6. The van der Waals surface area contributed by atoms with Gasteiger partial charge < -0.3 is 14.1 Å². The van der Waals surface area contributed by atoms with Gasteiger partial charge in [0, 0.05) is 17.8 Å². The Morgan fingerprint density at radius 2 is 1.65 bits per heavy atom. The predicted molar refractivity (Wildman–Crippen MR) is 110 cm³/mol. The average molecular weight is 420 g/mol. The fourth-order valence-corrected chi connectivity index (χ4v) is 3.73. The summed E-state index contributed by atoms with van der Waals surface area (Å²) in [5, 5.41) is 9.41. The van der Waals surface area contributed by atoms with Crippen molar-refractivity contribution < 1.29 is 24.3 Å². The van der Waals surface area contributed by atoms with E-state index in [1.165, 1.54) is 0 Å². The van der Waals surface area contributed by atoms with E-state index in [1.54, 1.807) is 42.5 Å². The third kappa shape index (κ3) is 4.48. The Morgan fingerprint density at radius 3 is 2.32 bits per heavy atom. The largest absolute Gasteiger partial charge is 0.460 e. The van der Waals surface area contributed by atoms with E-state index in [-0.39, 0.29) is 25.0 Å². The molecule has 0 radical (unpaired) electrons. The minimum atomic E-state index is -0.841. The summed E-state index contributed by atoms with van der Waals surface area (Å²) in [6, 6.07) is 19.5. The van der Waals surface area contributed by atoms with E-state index in [0.29, 0.717) is 29.8 Å². The van der Waals surface area contributed by atoms with E-state index in [4.69, 9.17) is 4.74 Å². The van der Waals surface area contributed by atoms with Crippen LogP contribution in [0.3, 0.4) is 0 Å². The molecule has 0 fully saturated rings. The summed E-state index contributed by atoms with van der Waals surface area (Å²) in [7, 11) is 0. The first-order valence-corrected chi connectivity index (χ1v) is 9.84. The van der Waals surface area contributed by atoms with Crippen molar-refractivity contribution in [2.45, 2.75) is 32.1 Å². The third-order valence-corrected chi connectivity index (χ3v) is 5.31. The van der Waals surface area contributed by atoms with Gasteiger partial charge >= 0.3 is 5.97 Å². The molecule has 1 unspecified atom stereocenters. The minimum absolute atomic E-state index is 0.0676. The quantitative estimate of drug-likeness (QED) is 0.239. The number of hydrogen-bond donors (Lipinski definition) is 0. The smallest absolute Gasteiger partial charge is 0.315 e. The molecule has 2 heterocycles. The lowest BCUT2D eigenvalue weighted by Gasteiger charge is -2.10. The maximum absolute atomic E-state index is 12.8. The van der Waals surface area contributed by atoms with Crippen LogP contribution in [0.5, 0.6) is 0 Å². The number of aromatic nitrogens is 1. The second-order valence-corrected chi connectivity index (χ2v) is 7.25. The standard InChI is InChI=1S/C23H20N2O6/c26-22(18-4-2-1-3-5-18)21-11-10-20-19(12-13-24(20)21)23(27)30-14-16-6-8-17(9-7-16)15-31-25(28)29/h1-11,19H,12-15H2. The predicted octanol–water partition coefficient (Wildman–Crippen LogP) is 3.66. The zero-order chi connectivity index (χ0) is 21.8. The summed E-state index contributed by atoms with van der Waals surface area (Å²) < 4.78 is 7.38. The molecule has 0 spiro atoms. The van der Waals surface area contributed by atoms with Crippen LogP contribution >= 0.6 is 0 Å². The fourth-order valence-electron chi connectivity index (χ4n) is 3.73. The molecule has 4 rings (SSSR count). The number of carbonyl (C=O) groups is 2. The van der Waals surface area contributed by atoms with E-state index < -0.39 is 11.0 Å². The molecule has 8 heteroatoms.